The Labute approximate surface area is 150 Å². The van der Waals surface area contributed by atoms with Crippen LogP contribution in [0.4, 0.5) is 0 Å². The third-order valence-electron chi connectivity index (χ3n) is 4.48. The fourth-order valence-corrected chi connectivity index (χ4v) is 4.22. The Morgan fingerprint density at radius 1 is 1.32 bits per heavy atom. The molecule has 1 aliphatic carbocycles. The minimum Gasteiger partial charge on any atom is -0.360 e. The fraction of sp³-hybridized carbons (Fsp3) is 0.500. The number of hydrazine groups is 1. The second-order valence-corrected chi connectivity index (χ2v) is 8.11. The lowest BCUT2D eigenvalue weighted by Crippen LogP contribution is -2.41. The minimum absolute atomic E-state index is 0.0312. The van der Waals surface area contributed by atoms with Crippen molar-refractivity contribution >= 4 is 23.2 Å². The van der Waals surface area contributed by atoms with Gasteiger partial charge in [0.05, 0.1) is 10.6 Å². The van der Waals surface area contributed by atoms with Crippen molar-refractivity contribution in [2.24, 2.45) is 5.92 Å². The van der Waals surface area contributed by atoms with Crippen molar-refractivity contribution in [1.29, 1.82) is 0 Å². The predicted molar refractivity (Wildman–Crippen MR) is 95.8 cm³/mol. The highest BCUT2D eigenvalue weighted by Crippen LogP contribution is 2.32. The van der Waals surface area contributed by atoms with Crippen LogP contribution in [0, 0.1) is 12.8 Å². The maximum Gasteiger partial charge on any atom is 0.279 e. The van der Waals surface area contributed by atoms with E-state index in [2.05, 4.69) is 22.9 Å². The van der Waals surface area contributed by atoms with Crippen LogP contribution in [-0.4, -0.2) is 17.0 Å². The molecule has 6 nitrogen and oxygen atoms in total. The molecule has 0 aliphatic heterocycles. The van der Waals surface area contributed by atoms with Gasteiger partial charge in [0.25, 0.3) is 11.8 Å². The van der Waals surface area contributed by atoms with Crippen LogP contribution < -0.4 is 10.9 Å². The highest BCUT2D eigenvalue weighted by Gasteiger charge is 2.24. The van der Waals surface area contributed by atoms with Gasteiger partial charge in [-0.05, 0) is 43.7 Å². The van der Waals surface area contributed by atoms with E-state index < -0.39 is 5.91 Å². The molecule has 0 saturated heterocycles. The summed E-state index contributed by atoms with van der Waals surface area (Å²) in [5.41, 5.74) is 7.14. The lowest BCUT2D eigenvalue weighted by atomic mass is 9.90. The summed E-state index contributed by atoms with van der Waals surface area (Å²) in [5, 5.41) is 3.85. The van der Waals surface area contributed by atoms with E-state index in [0.717, 1.165) is 19.3 Å². The summed E-state index contributed by atoms with van der Waals surface area (Å²) in [6.07, 6.45) is 3.21. The van der Waals surface area contributed by atoms with E-state index >= 15 is 0 Å². The number of nitrogens with zero attached hydrogens (tertiary/aromatic N) is 1. The molecule has 0 radical (unpaired) electrons. The summed E-state index contributed by atoms with van der Waals surface area (Å²) >= 11 is 1.51. The van der Waals surface area contributed by atoms with Crippen LogP contribution in [0.25, 0.3) is 0 Å². The molecule has 2 N–H and O–H groups in total. The molecule has 0 unspecified atom stereocenters. The topological polar surface area (TPSA) is 84.2 Å². The standard InChI is InChI=1S/C18H23N3O3S/c1-9(2)16-15(11(4)21-24-16)18(23)20-19-17(22)14-8-12-7-10(3)5-6-13(12)25-14/h8-10H,5-7H2,1-4H3,(H,19,22)(H,20,23)/t10-/m1/s1. The van der Waals surface area contributed by atoms with Crippen molar-refractivity contribution in [2.45, 2.75) is 52.9 Å². The summed E-state index contributed by atoms with van der Waals surface area (Å²) in [7, 11) is 0. The molecule has 2 aromatic heterocycles. The smallest absolute Gasteiger partial charge is 0.279 e. The van der Waals surface area contributed by atoms with Crippen LogP contribution in [0.5, 0.6) is 0 Å². The number of carbonyl (C=O) groups excluding carboxylic acids is 2. The molecule has 7 heteroatoms. The molecule has 3 rings (SSSR count). The molecule has 0 saturated carbocycles. The van der Waals surface area contributed by atoms with E-state index in [1.54, 1.807) is 6.92 Å². The first kappa shape index (κ1) is 17.7. The van der Waals surface area contributed by atoms with Crippen molar-refractivity contribution in [1.82, 2.24) is 16.0 Å². The Morgan fingerprint density at radius 3 is 2.76 bits per heavy atom. The number of aryl methyl sites for hydroxylation is 2. The van der Waals surface area contributed by atoms with Crippen LogP contribution in [0.2, 0.25) is 0 Å². The van der Waals surface area contributed by atoms with Gasteiger partial charge in [-0.1, -0.05) is 25.9 Å². The first-order chi connectivity index (χ1) is 11.9. The monoisotopic (exact) mass is 361 g/mol. The molecule has 2 heterocycles. The SMILES string of the molecule is Cc1noc(C(C)C)c1C(=O)NNC(=O)c1cc2c(s1)CC[C@@H](C)C2. The van der Waals surface area contributed by atoms with Crippen LogP contribution in [0.15, 0.2) is 10.6 Å². The normalized spacial score (nSPS) is 16.6. The number of hydrogen-bond acceptors (Lipinski definition) is 5. The molecule has 25 heavy (non-hydrogen) atoms. The molecule has 0 bridgehead atoms. The first-order valence-electron chi connectivity index (χ1n) is 8.55. The Balaban J connectivity index is 1.67. The Bertz CT molecular complexity index is 807. The number of fused-ring (bicyclic) bond motifs is 1. The van der Waals surface area contributed by atoms with Crippen molar-refractivity contribution in [3.63, 3.8) is 0 Å². The number of nitrogens with one attached hydrogen (secondary N) is 2. The van der Waals surface area contributed by atoms with Gasteiger partial charge in [-0.15, -0.1) is 11.3 Å². The Morgan fingerprint density at radius 2 is 2.04 bits per heavy atom. The largest absolute Gasteiger partial charge is 0.360 e. The van der Waals surface area contributed by atoms with E-state index in [1.807, 2.05) is 19.9 Å². The number of hydrogen-bond donors (Lipinski definition) is 2. The van der Waals surface area contributed by atoms with E-state index in [-0.39, 0.29) is 11.8 Å². The first-order valence-corrected chi connectivity index (χ1v) is 9.36. The molecule has 134 valence electrons. The van der Waals surface area contributed by atoms with Crippen LogP contribution >= 0.6 is 11.3 Å². The third-order valence-corrected chi connectivity index (χ3v) is 5.72. The Hall–Kier alpha value is -2.15. The van der Waals surface area contributed by atoms with Crippen LogP contribution in [0.3, 0.4) is 0 Å². The van der Waals surface area contributed by atoms with Crippen molar-refractivity contribution in [3.05, 3.63) is 38.4 Å². The van der Waals surface area contributed by atoms with E-state index in [1.165, 1.54) is 21.8 Å². The molecule has 2 amide bonds. The van der Waals surface area contributed by atoms with Gasteiger partial charge in [0.15, 0.2) is 5.76 Å². The lowest BCUT2D eigenvalue weighted by Gasteiger charge is -2.16. The van der Waals surface area contributed by atoms with E-state index in [0.29, 0.717) is 27.8 Å². The van der Waals surface area contributed by atoms with Crippen molar-refractivity contribution in [2.75, 3.05) is 0 Å². The van der Waals surface area contributed by atoms with Gasteiger partial charge < -0.3 is 4.52 Å². The molecule has 0 spiro atoms. The number of thiophene rings is 1. The molecule has 0 fully saturated rings. The fourth-order valence-electron chi connectivity index (χ4n) is 3.11. The van der Waals surface area contributed by atoms with Crippen LogP contribution in [-0.2, 0) is 12.8 Å². The van der Waals surface area contributed by atoms with Crippen molar-refractivity contribution in [3.8, 4) is 0 Å². The number of carbonyl (C=O) groups is 2. The second kappa shape index (κ2) is 7.00. The second-order valence-electron chi connectivity index (χ2n) is 6.98. The molecule has 1 aliphatic rings. The third kappa shape index (κ3) is 3.61. The number of amides is 2. The van der Waals surface area contributed by atoms with Gasteiger partial charge in [-0.2, -0.15) is 0 Å². The lowest BCUT2D eigenvalue weighted by molar-refractivity contribution is 0.0847. The summed E-state index contributed by atoms with van der Waals surface area (Å²) in [4.78, 5) is 26.7. The van der Waals surface area contributed by atoms with E-state index in [9.17, 15) is 9.59 Å². The molecule has 1 atom stereocenters. The summed E-state index contributed by atoms with van der Waals surface area (Å²) in [5.74, 6) is 0.503. The van der Waals surface area contributed by atoms with Gasteiger partial charge in [-0.25, -0.2) is 0 Å². The minimum atomic E-state index is -0.411. The molecular weight excluding hydrogens is 338 g/mol. The van der Waals surface area contributed by atoms with Crippen LogP contribution in [0.1, 0.15) is 75.0 Å². The maximum absolute atomic E-state index is 12.4. The molecule has 2 aromatic rings. The highest BCUT2D eigenvalue weighted by molar-refractivity contribution is 7.14. The Kier molecular flexibility index (Phi) is 4.94. The van der Waals surface area contributed by atoms with Gasteiger partial charge in [-0.3, -0.25) is 20.4 Å². The van der Waals surface area contributed by atoms with Gasteiger partial charge in [0.2, 0.25) is 0 Å². The predicted octanol–water partition coefficient (Wildman–Crippen LogP) is 3.37. The summed E-state index contributed by atoms with van der Waals surface area (Å²) < 4.78 is 5.21. The number of aromatic nitrogens is 1. The zero-order valence-electron chi connectivity index (χ0n) is 14.9. The highest BCUT2D eigenvalue weighted by atomic mass is 32.1. The van der Waals surface area contributed by atoms with Gasteiger partial charge >= 0.3 is 0 Å². The molecular formula is C18H23N3O3S. The maximum atomic E-state index is 12.4. The summed E-state index contributed by atoms with van der Waals surface area (Å²) in [6, 6.07) is 1.95. The van der Waals surface area contributed by atoms with Crippen molar-refractivity contribution < 1.29 is 14.1 Å². The number of rotatable bonds is 3. The zero-order valence-corrected chi connectivity index (χ0v) is 15.8. The quantitative estimate of drug-likeness (QED) is 0.821. The molecule has 0 aromatic carbocycles. The summed E-state index contributed by atoms with van der Waals surface area (Å²) in [6.45, 7) is 7.79. The zero-order chi connectivity index (χ0) is 18.1. The average Bonchev–Trinajstić information content (AvgIpc) is 3.15. The van der Waals surface area contributed by atoms with E-state index in [4.69, 9.17) is 4.52 Å². The average molecular weight is 361 g/mol. The van der Waals surface area contributed by atoms with Gasteiger partial charge in [0.1, 0.15) is 5.56 Å². The van der Waals surface area contributed by atoms with Gasteiger partial charge in [0, 0.05) is 10.8 Å².